The fourth-order valence-electron chi connectivity index (χ4n) is 3.62. The van der Waals surface area contributed by atoms with Crippen molar-refractivity contribution in [3.63, 3.8) is 0 Å². The number of nitrogens with one attached hydrogen (secondary N) is 2. The normalized spacial score (nSPS) is 20.5. The third-order valence-corrected chi connectivity index (χ3v) is 6.10. The minimum atomic E-state index is 0. The lowest BCUT2D eigenvalue weighted by Gasteiger charge is -2.29. The summed E-state index contributed by atoms with van der Waals surface area (Å²) in [4.78, 5) is 6.89. The zero-order valence-corrected chi connectivity index (χ0v) is 20.3. The van der Waals surface area contributed by atoms with Gasteiger partial charge in [-0.25, -0.2) is 0 Å². The van der Waals surface area contributed by atoms with E-state index in [4.69, 9.17) is 4.74 Å². The second-order valence-electron chi connectivity index (χ2n) is 7.58. The summed E-state index contributed by atoms with van der Waals surface area (Å²) in [5.74, 6) is 1.47. The Labute approximate surface area is 188 Å². The topological polar surface area (TPSA) is 48.9 Å². The monoisotopic (exact) mass is 550 g/mol. The Kier molecular flexibility index (Phi) is 9.31. The summed E-state index contributed by atoms with van der Waals surface area (Å²) in [5.41, 5.74) is 1.65. The number of rotatable bonds is 7. The van der Waals surface area contributed by atoms with E-state index in [0.29, 0.717) is 5.92 Å². The summed E-state index contributed by atoms with van der Waals surface area (Å²) in [6.45, 7) is 9.07. The van der Waals surface area contributed by atoms with E-state index in [1.54, 1.807) is 0 Å². The van der Waals surface area contributed by atoms with E-state index < -0.39 is 0 Å². The fourth-order valence-corrected chi connectivity index (χ4v) is 4.32. The molecule has 1 aliphatic carbocycles. The number of hydrogen-bond donors (Lipinski definition) is 2. The van der Waals surface area contributed by atoms with Gasteiger partial charge < -0.3 is 15.4 Å². The molecule has 7 heteroatoms. The highest BCUT2D eigenvalue weighted by Gasteiger charge is 2.45. The molecule has 5 nitrogen and oxygen atoms in total. The summed E-state index contributed by atoms with van der Waals surface area (Å²) >= 11 is 3.71. The maximum Gasteiger partial charge on any atom is 0.191 e. The van der Waals surface area contributed by atoms with Crippen LogP contribution in [0.4, 0.5) is 0 Å². The maximum absolute atomic E-state index is 5.42. The third-order valence-electron chi connectivity index (χ3n) is 5.41. The van der Waals surface area contributed by atoms with Crippen LogP contribution in [0.3, 0.4) is 0 Å². The van der Waals surface area contributed by atoms with E-state index in [1.165, 1.54) is 22.9 Å². The Morgan fingerprint density at radius 1 is 1.26 bits per heavy atom. The van der Waals surface area contributed by atoms with Gasteiger partial charge in [-0.3, -0.25) is 9.89 Å². The Balaban J connectivity index is 0.00000261. The molecule has 1 aromatic carbocycles. The molecule has 1 saturated carbocycles. The summed E-state index contributed by atoms with van der Waals surface area (Å²) in [7, 11) is 1.85. The van der Waals surface area contributed by atoms with Crippen molar-refractivity contribution in [2.45, 2.75) is 25.2 Å². The standard InChI is InChI=1S/C20H31BrN4O.HI/c1-16(14-25-9-11-26-12-10-25)13-23-19(22-2)24-15-20(7-8-20)17-5-3-4-6-18(17)21;/h3-6,16H,7-15H2,1-2H3,(H2,22,23,24);1H. The number of nitrogens with zero attached hydrogens (tertiary/aromatic N) is 2. The molecule has 1 unspecified atom stereocenters. The van der Waals surface area contributed by atoms with Crippen LogP contribution in [0.15, 0.2) is 33.7 Å². The van der Waals surface area contributed by atoms with Crippen molar-refractivity contribution < 1.29 is 4.74 Å². The van der Waals surface area contributed by atoms with Gasteiger partial charge >= 0.3 is 0 Å². The van der Waals surface area contributed by atoms with Crippen LogP contribution in [0, 0.1) is 5.92 Å². The summed E-state index contributed by atoms with van der Waals surface area (Å²) in [6, 6.07) is 8.57. The molecule has 0 radical (unpaired) electrons. The molecule has 0 amide bonds. The molecule has 2 fully saturated rings. The van der Waals surface area contributed by atoms with Gasteiger partial charge in [-0.15, -0.1) is 24.0 Å². The first-order valence-electron chi connectivity index (χ1n) is 9.62. The van der Waals surface area contributed by atoms with Gasteiger partial charge in [0.1, 0.15) is 0 Å². The minimum Gasteiger partial charge on any atom is -0.379 e. The van der Waals surface area contributed by atoms with Crippen molar-refractivity contribution in [1.82, 2.24) is 15.5 Å². The highest BCUT2D eigenvalue weighted by atomic mass is 127. The predicted molar refractivity (Wildman–Crippen MR) is 126 cm³/mol. The van der Waals surface area contributed by atoms with E-state index in [2.05, 4.69) is 67.6 Å². The lowest BCUT2D eigenvalue weighted by molar-refractivity contribution is 0.0320. The number of benzene rings is 1. The zero-order valence-electron chi connectivity index (χ0n) is 16.3. The van der Waals surface area contributed by atoms with Crippen molar-refractivity contribution >= 4 is 45.9 Å². The van der Waals surface area contributed by atoms with Gasteiger partial charge in [0.25, 0.3) is 0 Å². The van der Waals surface area contributed by atoms with E-state index in [0.717, 1.165) is 51.9 Å². The lowest BCUT2D eigenvalue weighted by Crippen LogP contribution is -2.45. The van der Waals surface area contributed by atoms with Crippen molar-refractivity contribution in [2.24, 2.45) is 10.9 Å². The number of aliphatic imine (C=N–C) groups is 1. The largest absolute Gasteiger partial charge is 0.379 e. The number of guanidine groups is 1. The van der Waals surface area contributed by atoms with Crippen molar-refractivity contribution in [3.05, 3.63) is 34.3 Å². The van der Waals surface area contributed by atoms with Crippen LogP contribution in [-0.4, -0.2) is 63.8 Å². The molecule has 27 heavy (non-hydrogen) atoms. The fraction of sp³-hybridized carbons (Fsp3) is 0.650. The minimum absolute atomic E-state index is 0. The highest BCUT2D eigenvalue weighted by molar-refractivity contribution is 14.0. The van der Waals surface area contributed by atoms with E-state index >= 15 is 0 Å². The molecule has 1 atom stereocenters. The molecule has 1 aromatic rings. The lowest BCUT2D eigenvalue weighted by atomic mass is 9.96. The van der Waals surface area contributed by atoms with Gasteiger partial charge in [-0.2, -0.15) is 0 Å². The van der Waals surface area contributed by atoms with Gasteiger partial charge in [0.15, 0.2) is 5.96 Å². The number of morpholine rings is 1. The van der Waals surface area contributed by atoms with Crippen molar-refractivity contribution in [1.29, 1.82) is 0 Å². The first kappa shape index (κ1) is 22.9. The molecule has 1 heterocycles. The second-order valence-corrected chi connectivity index (χ2v) is 8.44. The highest BCUT2D eigenvalue weighted by Crippen LogP contribution is 2.49. The van der Waals surface area contributed by atoms with Gasteiger partial charge in [0.05, 0.1) is 13.2 Å². The van der Waals surface area contributed by atoms with E-state index in [9.17, 15) is 0 Å². The summed E-state index contributed by atoms with van der Waals surface area (Å²) < 4.78 is 6.63. The molecular formula is C20H32BrIN4O. The predicted octanol–water partition coefficient (Wildman–Crippen LogP) is 3.23. The Hall–Kier alpha value is -0.380. The van der Waals surface area contributed by atoms with E-state index in [1.807, 2.05) is 7.05 Å². The van der Waals surface area contributed by atoms with Crippen molar-refractivity contribution in [2.75, 3.05) is 53.0 Å². The van der Waals surface area contributed by atoms with Crippen LogP contribution in [0.1, 0.15) is 25.3 Å². The molecule has 0 spiro atoms. The molecule has 2 aliphatic rings. The zero-order chi connectivity index (χ0) is 18.4. The first-order chi connectivity index (χ1) is 12.6. The quantitative estimate of drug-likeness (QED) is 0.311. The number of halogens is 2. The molecular weight excluding hydrogens is 519 g/mol. The smallest absolute Gasteiger partial charge is 0.191 e. The SMILES string of the molecule is CN=C(NCC(C)CN1CCOCC1)NCC1(c2ccccc2Br)CC1.I. The molecule has 152 valence electrons. The molecule has 2 N–H and O–H groups in total. The average molecular weight is 551 g/mol. The third kappa shape index (κ3) is 6.58. The van der Waals surface area contributed by atoms with Crippen LogP contribution in [0.5, 0.6) is 0 Å². The number of ether oxygens (including phenoxy) is 1. The molecule has 1 aliphatic heterocycles. The molecule has 0 aromatic heterocycles. The summed E-state index contributed by atoms with van der Waals surface area (Å²) in [6.07, 6.45) is 2.46. The Morgan fingerprint density at radius 3 is 2.59 bits per heavy atom. The van der Waals surface area contributed by atoms with Gasteiger partial charge in [-0.05, 0) is 30.4 Å². The average Bonchev–Trinajstić information content (AvgIpc) is 3.44. The summed E-state index contributed by atoms with van der Waals surface area (Å²) in [5, 5.41) is 7.04. The van der Waals surface area contributed by atoms with Crippen LogP contribution in [0.25, 0.3) is 0 Å². The molecule has 1 saturated heterocycles. The van der Waals surface area contributed by atoms with Gasteiger partial charge in [0.2, 0.25) is 0 Å². The number of hydrogen-bond acceptors (Lipinski definition) is 3. The maximum atomic E-state index is 5.42. The van der Waals surface area contributed by atoms with Gasteiger partial charge in [0, 0.05) is 49.7 Å². The Bertz CT molecular complexity index is 618. The molecule has 0 bridgehead atoms. The van der Waals surface area contributed by atoms with Gasteiger partial charge in [-0.1, -0.05) is 41.1 Å². The van der Waals surface area contributed by atoms with Crippen LogP contribution >= 0.6 is 39.9 Å². The van der Waals surface area contributed by atoms with Crippen molar-refractivity contribution in [3.8, 4) is 0 Å². The molecule has 3 rings (SSSR count). The Morgan fingerprint density at radius 2 is 1.96 bits per heavy atom. The second kappa shape index (κ2) is 11.0. The first-order valence-corrected chi connectivity index (χ1v) is 10.4. The van der Waals surface area contributed by atoms with Crippen LogP contribution in [-0.2, 0) is 10.2 Å². The van der Waals surface area contributed by atoms with Crippen LogP contribution in [0.2, 0.25) is 0 Å². The van der Waals surface area contributed by atoms with E-state index in [-0.39, 0.29) is 29.4 Å². The van der Waals surface area contributed by atoms with Crippen LogP contribution < -0.4 is 10.6 Å².